The predicted octanol–water partition coefficient (Wildman–Crippen LogP) is 3.25. The number of ether oxygens (including phenoxy) is 1. The largest absolute Gasteiger partial charge is 0.383 e. The zero-order valence-electron chi connectivity index (χ0n) is 21.2. The molecule has 0 unspecified atom stereocenters. The highest BCUT2D eigenvalue weighted by molar-refractivity contribution is 5.95. The number of nitrogens with zero attached hydrogens (tertiary/aromatic N) is 3. The van der Waals surface area contributed by atoms with Crippen molar-refractivity contribution in [3.05, 3.63) is 59.9 Å². The van der Waals surface area contributed by atoms with Crippen LogP contribution in [0.25, 0.3) is 0 Å². The van der Waals surface area contributed by atoms with Crippen LogP contribution in [0.1, 0.15) is 30.6 Å². The molecule has 1 N–H and O–H groups in total. The number of methoxy groups -OCH3 is 1. The van der Waals surface area contributed by atoms with Gasteiger partial charge in [-0.05, 0) is 42.3 Å². The molecule has 2 aromatic carbocycles. The molecular weight excluding hydrogens is 463 g/mol. The van der Waals surface area contributed by atoms with Gasteiger partial charge in [0.05, 0.1) is 18.7 Å². The fourth-order valence-electron chi connectivity index (χ4n) is 4.07. The SMILES string of the molecule is COCCN(CC(=O)Nc1ccc(N2CCN(C(=O)c3ccccc3F)CC2)cc1)C(=O)CC(C)C. The van der Waals surface area contributed by atoms with Gasteiger partial charge in [0, 0.05) is 57.6 Å². The van der Waals surface area contributed by atoms with Crippen LogP contribution in [-0.4, -0.2) is 80.5 Å². The molecule has 1 heterocycles. The van der Waals surface area contributed by atoms with Gasteiger partial charge in [0.2, 0.25) is 11.8 Å². The average Bonchev–Trinajstić information content (AvgIpc) is 2.86. The minimum absolute atomic E-state index is 0.0331. The van der Waals surface area contributed by atoms with E-state index in [1.807, 2.05) is 38.1 Å². The predicted molar refractivity (Wildman–Crippen MR) is 137 cm³/mol. The molecule has 0 aliphatic carbocycles. The first-order valence-corrected chi connectivity index (χ1v) is 12.2. The van der Waals surface area contributed by atoms with Crippen LogP contribution in [0.3, 0.4) is 0 Å². The first kappa shape index (κ1) is 27.1. The number of amides is 3. The molecule has 1 aliphatic rings. The number of nitrogens with one attached hydrogen (secondary N) is 1. The highest BCUT2D eigenvalue weighted by Gasteiger charge is 2.24. The summed E-state index contributed by atoms with van der Waals surface area (Å²) in [5, 5.41) is 2.85. The van der Waals surface area contributed by atoms with Gasteiger partial charge in [-0.15, -0.1) is 0 Å². The lowest BCUT2D eigenvalue weighted by molar-refractivity contribution is -0.136. The van der Waals surface area contributed by atoms with Crippen molar-refractivity contribution in [2.45, 2.75) is 20.3 Å². The normalized spacial score (nSPS) is 13.6. The number of halogens is 1. The molecule has 36 heavy (non-hydrogen) atoms. The molecule has 0 radical (unpaired) electrons. The van der Waals surface area contributed by atoms with E-state index in [2.05, 4.69) is 10.2 Å². The van der Waals surface area contributed by atoms with Crippen molar-refractivity contribution >= 4 is 29.1 Å². The third-order valence-corrected chi connectivity index (χ3v) is 6.02. The molecular formula is C27H35FN4O4. The van der Waals surface area contributed by atoms with E-state index in [4.69, 9.17) is 4.74 Å². The van der Waals surface area contributed by atoms with Crippen LogP contribution in [0.15, 0.2) is 48.5 Å². The van der Waals surface area contributed by atoms with Crippen LogP contribution >= 0.6 is 0 Å². The van der Waals surface area contributed by atoms with Crippen LogP contribution in [0.4, 0.5) is 15.8 Å². The number of carbonyl (C=O) groups excluding carboxylic acids is 3. The van der Waals surface area contributed by atoms with Gasteiger partial charge in [-0.3, -0.25) is 14.4 Å². The molecule has 0 bridgehead atoms. The Labute approximate surface area is 212 Å². The molecule has 8 nitrogen and oxygen atoms in total. The number of piperazine rings is 1. The van der Waals surface area contributed by atoms with Crippen molar-refractivity contribution in [2.75, 3.05) is 63.2 Å². The smallest absolute Gasteiger partial charge is 0.256 e. The maximum Gasteiger partial charge on any atom is 0.256 e. The minimum atomic E-state index is -0.506. The second-order valence-corrected chi connectivity index (χ2v) is 9.26. The Bertz CT molecular complexity index is 1040. The summed E-state index contributed by atoms with van der Waals surface area (Å²) in [6, 6.07) is 13.5. The Morgan fingerprint density at radius 2 is 1.69 bits per heavy atom. The standard InChI is InChI=1S/C27H35FN4O4/c1-20(2)18-26(34)32(16-17-36-3)19-25(33)29-21-8-10-22(11-9-21)30-12-14-31(15-13-30)27(35)23-6-4-5-7-24(23)28/h4-11,20H,12-19H2,1-3H3,(H,29,33). The second kappa shape index (κ2) is 13.0. The van der Waals surface area contributed by atoms with Crippen LogP contribution in [-0.2, 0) is 14.3 Å². The lowest BCUT2D eigenvalue weighted by Crippen LogP contribution is -2.49. The molecule has 0 atom stereocenters. The number of anilines is 2. The van der Waals surface area contributed by atoms with Crippen molar-refractivity contribution in [3.63, 3.8) is 0 Å². The van der Waals surface area contributed by atoms with Gasteiger partial charge in [0.25, 0.3) is 5.91 Å². The maximum absolute atomic E-state index is 14.0. The van der Waals surface area contributed by atoms with E-state index in [0.717, 1.165) is 5.69 Å². The third-order valence-electron chi connectivity index (χ3n) is 6.02. The first-order chi connectivity index (χ1) is 17.3. The zero-order chi connectivity index (χ0) is 26.1. The van der Waals surface area contributed by atoms with Crippen LogP contribution < -0.4 is 10.2 Å². The fraction of sp³-hybridized carbons (Fsp3) is 0.444. The molecule has 0 aromatic heterocycles. The maximum atomic E-state index is 14.0. The summed E-state index contributed by atoms with van der Waals surface area (Å²) in [5.41, 5.74) is 1.71. The van der Waals surface area contributed by atoms with E-state index in [-0.39, 0.29) is 35.7 Å². The molecule has 194 valence electrons. The zero-order valence-corrected chi connectivity index (χ0v) is 21.2. The van der Waals surface area contributed by atoms with Crippen LogP contribution in [0.2, 0.25) is 0 Å². The molecule has 9 heteroatoms. The van der Waals surface area contributed by atoms with Crippen LogP contribution in [0.5, 0.6) is 0 Å². The van der Waals surface area contributed by atoms with E-state index < -0.39 is 5.82 Å². The topological polar surface area (TPSA) is 82.2 Å². The molecule has 0 saturated carbocycles. The summed E-state index contributed by atoms with van der Waals surface area (Å²) < 4.78 is 19.0. The second-order valence-electron chi connectivity index (χ2n) is 9.26. The minimum Gasteiger partial charge on any atom is -0.383 e. The number of hydrogen-bond donors (Lipinski definition) is 1. The Morgan fingerprint density at radius 3 is 2.31 bits per heavy atom. The Hall–Kier alpha value is -3.46. The monoisotopic (exact) mass is 498 g/mol. The number of benzene rings is 2. The number of rotatable bonds is 10. The molecule has 3 amide bonds. The van der Waals surface area contributed by atoms with E-state index in [0.29, 0.717) is 51.4 Å². The lowest BCUT2D eigenvalue weighted by Gasteiger charge is -2.36. The van der Waals surface area contributed by atoms with Crippen molar-refractivity contribution in [2.24, 2.45) is 5.92 Å². The highest BCUT2D eigenvalue weighted by Crippen LogP contribution is 2.21. The number of hydrogen-bond acceptors (Lipinski definition) is 5. The van der Waals surface area contributed by atoms with Crippen molar-refractivity contribution in [1.29, 1.82) is 0 Å². The van der Waals surface area contributed by atoms with E-state index in [1.54, 1.807) is 24.1 Å². The molecule has 1 fully saturated rings. The first-order valence-electron chi connectivity index (χ1n) is 12.2. The Balaban J connectivity index is 1.52. The van der Waals surface area contributed by atoms with E-state index in [1.165, 1.54) is 17.0 Å². The molecule has 3 rings (SSSR count). The van der Waals surface area contributed by atoms with Gasteiger partial charge in [0.1, 0.15) is 5.82 Å². The lowest BCUT2D eigenvalue weighted by atomic mass is 10.1. The summed E-state index contributed by atoms with van der Waals surface area (Å²) in [4.78, 5) is 43.0. The summed E-state index contributed by atoms with van der Waals surface area (Å²) >= 11 is 0. The quantitative estimate of drug-likeness (QED) is 0.544. The molecule has 2 aromatic rings. The van der Waals surface area contributed by atoms with Crippen LogP contribution in [0, 0.1) is 11.7 Å². The Morgan fingerprint density at radius 1 is 1.03 bits per heavy atom. The highest BCUT2D eigenvalue weighted by atomic mass is 19.1. The average molecular weight is 499 g/mol. The summed E-state index contributed by atoms with van der Waals surface area (Å²) in [7, 11) is 1.56. The van der Waals surface area contributed by atoms with Gasteiger partial charge in [0.15, 0.2) is 0 Å². The van der Waals surface area contributed by atoms with Crippen molar-refractivity contribution < 1.29 is 23.5 Å². The van der Waals surface area contributed by atoms with Gasteiger partial charge < -0.3 is 24.8 Å². The Kier molecular flexibility index (Phi) is 9.81. The van der Waals surface area contributed by atoms with Gasteiger partial charge in [-0.2, -0.15) is 0 Å². The molecule has 0 spiro atoms. The van der Waals surface area contributed by atoms with E-state index in [9.17, 15) is 18.8 Å². The van der Waals surface area contributed by atoms with Gasteiger partial charge in [-0.1, -0.05) is 26.0 Å². The molecule has 1 saturated heterocycles. The van der Waals surface area contributed by atoms with Crippen molar-refractivity contribution in [1.82, 2.24) is 9.80 Å². The summed E-state index contributed by atoms with van der Waals surface area (Å²) in [5.74, 6) is -0.931. The van der Waals surface area contributed by atoms with Gasteiger partial charge in [-0.25, -0.2) is 4.39 Å². The number of carbonyl (C=O) groups is 3. The third kappa shape index (κ3) is 7.52. The van der Waals surface area contributed by atoms with Crippen molar-refractivity contribution in [3.8, 4) is 0 Å². The van der Waals surface area contributed by atoms with Gasteiger partial charge >= 0.3 is 0 Å². The summed E-state index contributed by atoms with van der Waals surface area (Å²) in [6.07, 6.45) is 0.380. The fourth-order valence-corrected chi connectivity index (χ4v) is 4.07. The molecule has 1 aliphatic heterocycles. The summed E-state index contributed by atoms with van der Waals surface area (Å²) in [6.45, 7) is 6.86. The van der Waals surface area contributed by atoms with E-state index >= 15 is 0 Å².